The van der Waals surface area contributed by atoms with E-state index in [4.69, 9.17) is 9.47 Å². The quantitative estimate of drug-likeness (QED) is 0.406. The number of non-ortho nitro benzene ring substituents is 2. The number of ether oxygens (including phenoxy) is 2. The summed E-state index contributed by atoms with van der Waals surface area (Å²) in [6.45, 7) is 0. The zero-order chi connectivity index (χ0) is 20.8. The van der Waals surface area contributed by atoms with Crippen LogP contribution in [0.1, 0.15) is 20.7 Å². The first kappa shape index (κ1) is 20.1. The Morgan fingerprint density at radius 3 is 1.39 bits per heavy atom. The Labute approximate surface area is 156 Å². The molecule has 28 heavy (non-hydrogen) atoms. The number of hydrogen-bond acceptors (Lipinski definition) is 10. The van der Waals surface area contributed by atoms with Crippen molar-refractivity contribution in [3.63, 3.8) is 0 Å². The van der Waals surface area contributed by atoms with Crippen LogP contribution in [0.2, 0.25) is 0 Å². The monoisotopic (exact) mass is 392 g/mol. The smallest absolute Gasteiger partial charge is 0.390 e. The molecule has 0 heterocycles. The molecule has 0 saturated heterocycles. The molecule has 0 fully saturated rings. The summed E-state index contributed by atoms with van der Waals surface area (Å²) in [5, 5.41) is 21.5. The van der Waals surface area contributed by atoms with E-state index in [1.807, 2.05) is 0 Å². The van der Waals surface area contributed by atoms with Crippen molar-refractivity contribution in [3.05, 3.63) is 67.8 Å². The average molecular weight is 392 g/mol. The molecule has 0 spiro atoms. The van der Waals surface area contributed by atoms with Crippen LogP contribution in [0.15, 0.2) is 36.4 Å². The molecule has 0 amide bonds. The number of hydrogen-bond donors (Lipinski definition) is 0. The molecule has 0 atom stereocenters. The number of methoxy groups -OCH3 is 2. The van der Waals surface area contributed by atoms with Crippen molar-refractivity contribution in [2.45, 2.75) is 0 Å². The van der Waals surface area contributed by atoms with E-state index in [2.05, 4.69) is 9.78 Å². The SMILES string of the molecule is COc1cc([N+](=O)[O-])ccc1C(=O)OOC(=O)c1ccc([N+](=O)[O-])cc1OC. The van der Waals surface area contributed by atoms with Gasteiger partial charge >= 0.3 is 11.9 Å². The third-order valence-electron chi connectivity index (χ3n) is 3.42. The summed E-state index contributed by atoms with van der Waals surface area (Å²) in [6, 6.07) is 6.22. The molecule has 12 nitrogen and oxygen atoms in total. The lowest BCUT2D eigenvalue weighted by atomic mass is 10.2. The highest BCUT2D eigenvalue weighted by Gasteiger charge is 2.23. The van der Waals surface area contributed by atoms with Gasteiger partial charge in [-0.05, 0) is 12.1 Å². The molecule has 146 valence electrons. The van der Waals surface area contributed by atoms with Crippen molar-refractivity contribution in [1.82, 2.24) is 0 Å². The zero-order valence-corrected chi connectivity index (χ0v) is 14.4. The summed E-state index contributed by atoms with van der Waals surface area (Å²) in [4.78, 5) is 53.2. The molecule has 0 bridgehead atoms. The van der Waals surface area contributed by atoms with Gasteiger partial charge in [-0.1, -0.05) is 0 Å². The van der Waals surface area contributed by atoms with Crippen LogP contribution in [0.5, 0.6) is 11.5 Å². The highest BCUT2D eigenvalue weighted by atomic mass is 17.2. The lowest BCUT2D eigenvalue weighted by molar-refractivity contribution is -0.385. The number of nitrogens with zero attached hydrogens (tertiary/aromatic N) is 2. The largest absolute Gasteiger partial charge is 0.496 e. The fourth-order valence-corrected chi connectivity index (χ4v) is 2.09. The number of rotatable bonds is 6. The molecular formula is C16H12N2O10. The molecule has 0 N–H and O–H groups in total. The van der Waals surface area contributed by atoms with Crippen molar-refractivity contribution >= 4 is 23.3 Å². The Balaban J connectivity index is 2.16. The van der Waals surface area contributed by atoms with Crippen molar-refractivity contribution in [2.75, 3.05) is 14.2 Å². The second kappa shape index (κ2) is 8.44. The summed E-state index contributed by atoms with van der Waals surface area (Å²) in [5.74, 6) is -2.63. The maximum absolute atomic E-state index is 12.1. The third kappa shape index (κ3) is 4.30. The predicted octanol–water partition coefficient (Wildman–Crippen LogP) is 2.45. The van der Waals surface area contributed by atoms with E-state index in [1.54, 1.807) is 0 Å². The highest BCUT2D eigenvalue weighted by molar-refractivity contribution is 5.95. The summed E-state index contributed by atoms with van der Waals surface area (Å²) >= 11 is 0. The Hall–Kier alpha value is -4.22. The van der Waals surface area contributed by atoms with Gasteiger partial charge in [0.1, 0.15) is 22.6 Å². The predicted molar refractivity (Wildman–Crippen MR) is 90.1 cm³/mol. The van der Waals surface area contributed by atoms with Crippen LogP contribution >= 0.6 is 0 Å². The first-order valence-electron chi connectivity index (χ1n) is 7.36. The van der Waals surface area contributed by atoms with Gasteiger partial charge in [0, 0.05) is 12.1 Å². The molecule has 12 heteroatoms. The van der Waals surface area contributed by atoms with Crippen molar-refractivity contribution < 1.29 is 38.7 Å². The number of nitro benzene ring substituents is 2. The average Bonchev–Trinajstić information content (AvgIpc) is 2.70. The van der Waals surface area contributed by atoms with Crippen LogP contribution in [0, 0.1) is 20.2 Å². The molecule has 0 saturated carbocycles. The van der Waals surface area contributed by atoms with E-state index >= 15 is 0 Å². The van der Waals surface area contributed by atoms with Crippen LogP contribution in [-0.2, 0) is 9.78 Å². The van der Waals surface area contributed by atoms with E-state index < -0.39 is 21.8 Å². The maximum atomic E-state index is 12.1. The number of benzene rings is 2. The van der Waals surface area contributed by atoms with Crippen molar-refractivity contribution in [1.29, 1.82) is 0 Å². The molecule has 2 aromatic rings. The molecule has 0 aliphatic heterocycles. The summed E-state index contributed by atoms with van der Waals surface area (Å²) < 4.78 is 9.78. The van der Waals surface area contributed by atoms with Gasteiger partial charge in [0.05, 0.1) is 36.2 Å². The number of carbonyl (C=O) groups excluding carboxylic acids is 2. The van der Waals surface area contributed by atoms with Crippen LogP contribution in [0.4, 0.5) is 11.4 Å². The van der Waals surface area contributed by atoms with Crippen LogP contribution in [0.25, 0.3) is 0 Å². The third-order valence-corrected chi connectivity index (χ3v) is 3.42. The minimum absolute atomic E-state index is 0.164. The van der Waals surface area contributed by atoms with Crippen molar-refractivity contribution in [2.24, 2.45) is 0 Å². The summed E-state index contributed by atoms with van der Waals surface area (Å²) in [6.07, 6.45) is 0. The van der Waals surface area contributed by atoms with Gasteiger partial charge in [0.2, 0.25) is 0 Å². The fraction of sp³-hybridized carbons (Fsp3) is 0.125. The summed E-state index contributed by atoms with van der Waals surface area (Å²) in [5.41, 5.74) is -1.09. The molecule has 2 aromatic carbocycles. The first-order valence-corrected chi connectivity index (χ1v) is 7.36. The van der Waals surface area contributed by atoms with Gasteiger partial charge in [-0.2, -0.15) is 0 Å². The van der Waals surface area contributed by atoms with Crippen molar-refractivity contribution in [3.8, 4) is 11.5 Å². The topological polar surface area (TPSA) is 157 Å². The minimum atomic E-state index is -1.15. The second-order valence-electron chi connectivity index (χ2n) is 5.02. The molecule has 2 rings (SSSR count). The van der Waals surface area contributed by atoms with E-state index in [0.29, 0.717) is 0 Å². The molecule has 0 aliphatic rings. The van der Waals surface area contributed by atoms with Gasteiger partial charge in [0.15, 0.2) is 0 Å². The summed E-state index contributed by atoms with van der Waals surface area (Å²) in [7, 11) is 2.37. The Kier molecular flexibility index (Phi) is 6.06. The minimum Gasteiger partial charge on any atom is -0.496 e. The maximum Gasteiger partial charge on any atom is 0.390 e. The normalized spacial score (nSPS) is 9.93. The Bertz CT molecular complexity index is 879. The highest BCUT2D eigenvalue weighted by Crippen LogP contribution is 2.27. The molecule has 0 radical (unpaired) electrons. The van der Waals surface area contributed by atoms with Gasteiger partial charge in [-0.3, -0.25) is 20.2 Å². The van der Waals surface area contributed by atoms with Crippen LogP contribution in [-0.4, -0.2) is 36.0 Å². The lowest BCUT2D eigenvalue weighted by Crippen LogP contribution is -2.13. The van der Waals surface area contributed by atoms with Gasteiger partial charge < -0.3 is 9.47 Å². The van der Waals surface area contributed by atoms with Crippen LogP contribution in [0.3, 0.4) is 0 Å². The number of carbonyl (C=O) groups is 2. The molecule has 0 aromatic heterocycles. The van der Waals surface area contributed by atoms with Gasteiger partial charge in [-0.25, -0.2) is 19.4 Å². The Morgan fingerprint density at radius 2 is 1.11 bits per heavy atom. The van der Waals surface area contributed by atoms with E-state index in [1.165, 1.54) is 14.2 Å². The molecule has 0 unspecified atom stereocenters. The van der Waals surface area contributed by atoms with E-state index in [0.717, 1.165) is 36.4 Å². The van der Waals surface area contributed by atoms with Gasteiger partial charge in [0.25, 0.3) is 11.4 Å². The van der Waals surface area contributed by atoms with E-state index in [-0.39, 0.29) is 34.0 Å². The van der Waals surface area contributed by atoms with Gasteiger partial charge in [-0.15, -0.1) is 0 Å². The molecular weight excluding hydrogens is 380 g/mol. The standard InChI is InChI=1S/C16H12N2O10/c1-25-13-7-9(17(21)22)3-5-11(13)15(19)27-28-16(20)12-6-4-10(18(23)24)8-14(12)26-2/h3-8H,1-2H3. The van der Waals surface area contributed by atoms with E-state index in [9.17, 15) is 29.8 Å². The Morgan fingerprint density at radius 1 is 0.750 bits per heavy atom. The lowest BCUT2D eigenvalue weighted by Gasteiger charge is -2.09. The molecule has 0 aliphatic carbocycles. The van der Waals surface area contributed by atoms with Crippen LogP contribution < -0.4 is 9.47 Å². The fourth-order valence-electron chi connectivity index (χ4n) is 2.09. The second-order valence-corrected chi connectivity index (χ2v) is 5.02. The zero-order valence-electron chi connectivity index (χ0n) is 14.4. The first-order chi connectivity index (χ1) is 13.3. The number of nitro groups is 2.